The Morgan fingerprint density at radius 3 is 2.69 bits per heavy atom. The molecule has 0 fully saturated rings. The maximum atomic E-state index is 9.42. The Kier molecular flexibility index (Phi) is 8.31. The number of aliphatic hydroxyl groups is 1. The smallest absolute Gasteiger partial charge is 0.258 e. The molecule has 152 valence electrons. The third kappa shape index (κ3) is 5.62. The summed E-state index contributed by atoms with van der Waals surface area (Å²) >= 11 is 0. The van der Waals surface area contributed by atoms with Crippen LogP contribution in [0.3, 0.4) is 0 Å². The highest BCUT2D eigenvalue weighted by Crippen LogP contribution is 2.28. The molecule has 2 heterocycles. The predicted octanol–water partition coefficient (Wildman–Crippen LogP) is 4.41. The molecule has 3 rings (SSSR count). The third-order valence-corrected chi connectivity index (χ3v) is 4.12. The Morgan fingerprint density at radius 1 is 1.21 bits per heavy atom. The molecule has 1 atom stereocenters. The van der Waals surface area contributed by atoms with Crippen LogP contribution in [0.4, 0.5) is 0 Å². The first-order valence-electron chi connectivity index (χ1n) is 9.75. The standard InChI is InChI=1S/C20H20N4O3.C2H6/c1-3-13(2)26-18-5-4-15(10-16(18)12-21)20-23-19(24-27-20)14-6-8-22-17(11-14)7-9-25;1-2/h4-6,8,10-11,13,25H,3,7,9H2,1-2H3;1-2H3. The van der Waals surface area contributed by atoms with E-state index < -0.39 is 0 Å². The molecule has 29 heavy (non-hydrogen) atoms. The molecule has 1 N–H and O–H groups in total. The van der Waals surface area contributed by atoms with Gasteiger partial charge in [-0.2, -0.15) is 10.2 Å². The fourth-order valence-electron chi connectivity index (χ4n) is 2.48. The summed E-state index contributed by atoms with van der Waals surface area (Å²) < 4.78 is 11.1. The molecule has 1 aromatic carbocycles. The SMILES string of the molecule is CC.CCC(C)Oc1ccc(-c2nc(-c3ccnc(CCO)c3)no2)cc1C#N. The van der Waals surface area contributed by atoms with E-state index in [1.165, 1.54) is 0 Å². The molecule has 0 aliphatic rings. The van der Waals surface area contributed by atoms with Crippen LogP contribution in [0, 0.1) is 11.3 Å². The highest BCUT2D eigenvalue weighted by Gasteiger charge is 2.14. The summed E-state index contributed by atoms with van der Waals surface area (Å²) in [6.07, 6.45) is 2.98. The highest BCUT2D eigenvalue weighted by molar-refractivity contribution is 5.63. The van der Waals surface area contributed by atoms with Crippen molar-refractivity contribution < 1.29 is 14.4 Å². The van der Waals surface area contributed by atoms with Crippen molar-refractivity contribution in [1.82, 2.24) is 15.1 Å². The van der Waals surface area contributed by atoms with Gasteiger partial charge in [-0.3, -0.25) is 4.98 Å². The number of hydrogen-bond donors (Lipinski definition) is 1. The van der Waals surface area contributed by atoms with E-state index in [0.717, 1.165) is 17.7 Å². The maximum absolute atomic E-state index is 9.42. The third-order valence-electron chi connectivity index (χ3n) is 4.12. The van der Waals surface area contributed by atoms with Gasteiger partial charge in [-0.1, -0.05) is 25.9 Å². The van der Waals surface area contributed by atoms with Gasteiger partial charge in [-0.05, 0) is 43.7 Å². The minimum atomic E-state index is 0.0238. The van der Waals surface area contributed by atoms with Crippen LogP contribution >= 0.6 is 0 Å². The summed E-state index contributed by atoms with van der Waals surface area (Å²) in [5.74, 6) is 1.28. The van der Waals surface area contributed by atoms with Crippen LogP contribution in [0.2, 0.25) is 0 Å². The molecule has 0 spiro atoms. The molecular formula is C22H26N4O3. The molecule has 0 amide bonds. The number of nitriles is 1. The first kappa shape index (κ1) is 22.1. The quantitative estimate of drug-likeness (QED) is 0.633. The second kappa shape index (κ2) is 10.9. The number of rotatable bonds is 7. The lowest BCUT2D eigenvalue weighted by Crippen LogP contribution is -2.10. The van der Waals surface area contributed by atoms with Gasteiger partial charge in [0.15, 0.2) is 0 Å². The van der Waals surface area contributed by atoms with Gasteiger partial charge in [0.25, 0.3) is 5.89 Å². The zero-order valence-corrected chi connectivity index (χ0v) is 17.2. The van der Waals surface area contributed by atoms with Crippen molar-refractivity contribution in [3.63, 3.8) is 0 Å². The van der Waals surface area contributed by atoms with E-state index in [1.54, 1.807) is 30.5 Å². The fourth-order valence-corrected chi connectivity index (χ4v) is 2.48. The highest BCUT2D eigenvalue weighted by atomic mass is 16.5. The van der Waals surface area contributed by atoms with Gasteiger partial charge < -0.3 is 14.4 Å². The topological polar surface area (TPSA) is 105 Å². The molecule has 0 radical (unpaired) electrons. The Hall–Kier alpha value is -3.24. The van der Waals surface area contributed by atoms with E-state index in [2.05, 4.69) is 21.2 Å². The first-order chi connectivity index (χ1) is 14.1. The molecule has 0 aliphatic carbocycles. The average Bonchev–Trinajstić information content (AvgIpc) is 3.26. The molecule has 2 aromatic heterocycles. The number of benzene rings is 1. The summed E-state index contributed by atoms with van der Waals surface area (Å²) in [6.45, 7) is 8.01. The zero-order valence-electron chi connectivity index (χ0n) is 17.2. The fraction of sp³-hybridized carbons (Fsp3) is 0.364. The Bertz CT molecular complexity index is 963. The van der Waals surface area contributed by atoms with E-state index in [1.807, 2.05) is 33.8 Å². The van der Waals surface area contributed by atoms with E-state index in [4.69, 9.17) is 14.4 Å². The summed E-state index contributed by atoms with van der Waals surface area (Å²) in [5.41, 5.74) is 2.56. The second-order valence-corrected chi connectivity index (χ2v) is 6.09. The lowest BCUT2D eigenvalue weighted by Gasteiger charge is -2.13. The number of aromatic nitrogens is 3. The van der Waals surface area contributed by atoms with E-state index in [0.29, 0.717) is 35.0 Å². The number of pyridine rings is 1. The van der Waals surface area contributed by atoms with Crippen LogP contribution in [-0.4, -0.2) is 32.9 Å². The van der Waals surface area contributed by atoms with Crippen molar-refractivity contribution >= 4 is 0 Å². The first-order valence-corrected chi connectivity index (χ1v) is 9.75. The van der Waals surface area contributed by atoms with Crippen LogP contribution in [-0.2, 0) is 6.42 Å². The lowest BCUT2D eigenvalue weighted by molar-refractivity contribution is 0.217. The summed E-state index contributed by atoms with van der Waals surface area (Å²) in [6, 6.07) is 11.0. The van der Waals surface area contributed by atoms with Gasteiger partial charge in [-0.15, -0.1) is 0 Å². The molecule has 0 saturated carbocycles. The Labute approximate surface area is 171 Å². The molecule has 3 aromatic rings. The van der Waals surface area contributed by atoms with Gasteiger partial charge in [0.2, 0.25) is 5.82 Å². The van der Waals surface area contributed by atoms with E-state index >= 15 is 0 Å². The Balaban J connectivity index is 0.00000145. The average molecular weight is 394 g/mol. The van der Waals surface area contributed by atoms with Crippen molar-refractivity contribution in [2.45, 2.75) is 46.6 Å². The maximum Gasteiger partial charge on any atom is 0.258 e. The van der Waals surface area contributed by atoms with E-state index in [9.17, 15) is 5.26 Å². The number of ether oxygens (including phenoxy) is 1. The van der Waals surface area contributed by atoms with Gasteiger partial charge in [0, 0.05) is 36.0 Å². The number of hydrogen-bond acceptors (Lipinski definition) is 7. The number of nitrogens with zero attached hydrogens (tertiary/aromatic N) is 4. The lowest BCUT2D eigenvalue weighted by atomic mass is 10.1. The van der Waals surface area contributed by atoms with Crippen LogP contribution in [0.15, 0.2) is 41.1 Å². The van der Waals surface area contributed by atoms with Gasteiger partial charge in [0.1, 0.15) is 11.8 Å². The normalized spacial score (nSPS) is 11.2. The summed E-state index contributed by atoms with van der Waals surface area (Å²) in [7, 11) is 0. The molecule has 0 saturated heterocycles. The summed E-state index contributed by atoms with van der Waals surface area (Å²) in [4.78, 5) is 8.60. The monoisotopic (exact) mass is 394 g/mol. The van der Waals surface area contributed by atoms with Crippen molar-refractivity contribution in [2.75, 3.05) is 6.61 Å². The molecule has 7 nitrogen and oxygen atoms in total. The zero-order chi connectivity index (χ0) is 21.2. The van der Waals surface area contributed by atoms with Gasteiger partial charge >= 0.3 is 0 Å². The second-order valence-electron chi connectivity index (χ2n) is 6.09. The van der Waals surface area contributed by atoms with Crippen LogP contribution in [0.5, 0.6) is 5.75 Å². The largest absolute Gasteiger partial charge is 0.489 e. The van der Waals surface area contributed by atoms with E-state index in [-0.39, 0.29) is 12.7 Å². The van der Waals surface area contributed by atoms with Crippen molar-refractivity contribution in [2.24, 2.45) is 0 Å². The van der Waals surface area contributed by atoms with Crippen LogP contribution < -0.4 is 4.74 Å². The van der Waals surface area contributed by atoms with Gasteiger partial charge in [-0.25, -0.2) is 0 Å². The molecule has 7 heteroatoms. The predicted molar refractivity (Wildman–Crippen MR) is 110 cm³/mol. The molecule has 0 bridgehead atoms. The summed E-state index contributed by atoms with van der Waals surface area (Å²) in [5, 5.41) is 22.5. The van der Waals surface area contributed by atoms with Crippen LogP contribution in [0.1, 0.15) is 45.4 Å². The van der Waals surface area contributed by atoms with Gasteiger partial charge in [0.05, 0.1) is 11.7 Å². The van der Waals surface area contributed by atoms with Crippen molar-refractivity contribution in [3.05, 3.63) is 47.8 Å². The minimum absolute atomic E-state index is 0.0238. The Morgan fingerprint density at radius 2 is 2.00 bits per heavy atom. The van der Waals surface area contributed by atoms with Crippen LogP contribution in [0.25, 0.3) is 22.8 Å². The molecule has 1 unspecified atom stereocenters. The van der Waals surface area contributed by atoms with Crippen molar-refractivity contribution in [1.29, 1.82) is 5.26 Å². The minimum Gasteiger partial charge on any atom is -0.489 e. The number of aliphatic hydroxyl groups excluding tert-OH is 1. The molecule has 0 aliphatic heterocycles. The van der Waals surface area contributed by atoms with Crippen molar-refractivity contribution in [3.8, 4) is 34.7 Å². The molecular weight excluding hydrogens is 368 g/mol.